The fraction of sp³-hybridized carbons (Fsp3) is 0.462. The van der Waals surface area contributed by atoms with Crippen LogP contribution in [0.1, 0.15) is 47.9 Å². The standard InChI is InChI=1S/C26H32N6O2/c1-17-10-24(34-3)11-18(2)25(17)15-31-22-8-9-23(31)14-20(13-22)28-26(33)12-19-4-6-21(7-5-19)32-16-27-29-30-32/h4-7,10-11,16,20,22-23H,8-9,12-15H2,1-3H3,(H,28,33). The van der Waals surface area contributed by atoms with Crippen molar-refractivity contribution >= 4 is 5.91 Å². The van der Waals surface area contributed by atoms with Gasteiger partial charge in [0.2, 0.25) is 5.91 Å². The molecule has 1 amide bonds. The SMILES string of the molecule is COc1cc(C)c(CN2C3CCC2CC(NC(=O)Cc2ccc(-n4cnnn4)cc2)C3)c(C)c1. The second-order valence-corrected chi connectivity index (χ2v) is 9.63. The molecule has 2 atom stereocenters. The van der Waals surface area contributed by atoms with Crippen molar-refractivity contribution in [3.05, 3.63) is 65.0 Å². The van der Waals surface area contributed by atoms with Gasteiger partial charge >= 0.3 is 0 Å². The number of nitrogens with one attached hydrogen (secondary N) is 1. The minimum Gasteiger partial charge on any atom is -0.497 e. The zero-order valence-corrected chi connectivity index (χ0v) is 20.1. The van der Waals surface area contributed by atoms with E-state index in [0.29, 0.717) is 18.5 Å². The Balaban J connectivity index is 1.17. The van der Waals surface area contributed by atoms with Gasteiger partial charge in [-0.15, -0.1) is 5.10 Å². The summed E-state index contributed by atoms with van der Waals surface area (Å²) in [6.07, 6.45) is 6.41. The maximum absolute atomic E-state index is 12.8. The molecule has 8 nitrogen and oxygen atoms in total. The Morgan fingerprint density at radius 2 is 1.76 bits per heavy atom. The van der Waals surface area contributed by atoms with E-state index in [0.717, 1.165) is 36.4 Å². The maximum atomic E-state index is 12.8. The van der Waals surface area contributed by atoms with Crippen molar-refractivity contribution in [1.82, 2.24) is 30.4 Å². The average molecular weight is 461 g/mol. The van der Waals surface area contributed by atoms with Crippen LogP contribution in [0.4, 0.5) is 0 Å². The Kier molecular flexibility index (Phi) is 6.32. The summed E-state index contributed by atoms with van der Waals surface area (Å²) in [6.45, 7) is 5.33. The summed E-state index contributed by atoms with van der Waals surface area (Å²) in [4.78, 5) is 15.4. The first-order chi connectivity index (χ1) is 16.5. The van der Waals surface area contributed by atoms with Gasteiger partial charge in [-0.1, -0.05) is 12.1 Å². The van der Waals surface area contributed by atoms with Crippen molar-refractivity contribution < 1.29 is 9.53 Å². The number of hydrogen-bond acceptors (Lipinski definition) is 6. The number of methoxy groups -OCH3 is 1. The van der Waals surface area contributed by atoms with E-state index in [4.69, 9.17) is 4.74 Å². The molecule has 0 radical (unpaired) electrons. The molecule has 1 aromatic heterocycles. The van der Waals surface area contributed by atoms with Crippen LogP contribution in [0.3, 0.4) is 0 Å². The van der Waals surface area contributed by atoms with Gasteiger partial charge in [0.1, 0.15) is 12.1 Å². The minimum atomic E-state index is 0.0925. The molecule has 2 fully saturated rings. The van der Waals surface area contributed by atoms with Gasteiger partial charge in [-0.2, -0.15) is 0 Å². The number of aromatic nitrogens is 4. The lowest BCUT2D eigenvalue weighted by atomic mass is 9.94. The van der Waals surface area contributed by atoms with Gasteiger partial charge < -0.3 is 10.1 Å². The third kappa shape index (κ3) is 4.68. The zero-order valence-electron chi connectivity index (χ0n) is 20.1. The molecule has 1 N–H and O–H groups in total. The van der Waals surface area contributed by atoms with Gasteiger partial charge in [0.25, 0.3) is 0 Å². The number of rotatable bonds is 7. The lowest BCUT2D eigenvalue weighted by molar-refractivity contribution is -0.121. The van der Waals surface area contributed by atoms with Crippen molar-refractivity contribution in [2.24, 2.45) is 0 Å². The lowest BCUT2D eigenvalue weighted by Gasteiger charge is -2.39. The van der Waals surface area contributed by atoms with Crippen LogP contribution in [0, 0.1) is 13.8 Å². The van der Waals surface area contributed by atoms with E-state index in [1.807, 2.05) is 24.3 Å². The molecule has 34 heavy (non-hydrogen) atoms. The molecular weight excluding hydrogens is 428 g/mol. The number of ether oxygens (including phenoxy) is 1. The van der Waals surface area contributed by atoms with Crippen molar-refractivity contribution in [2.75, 3.05) is 7.11 Å². The van der Waals surface area contributed by atoms with Crippen molar-refractivity contribution in [3.8, 4) is 11.4 Å². The molecular formula is C26H32N6O2. The molecule has 2 saturated heterocycles. The number of carbonyl (C=O) groups is 1. The molecule has 0 saturated carbocycles. The molecule has 5 rings (SSSR count). The fourth-order valence-corrected chi connectivity index (χ4v) is 5.66. The third-order valence-corrected chi connectivity index (χ3v) is 7.41. The van der Waals surface area contributed by atoms with Crippen LogP contribution in [-0.2, 0) is 17.8 Å². The van der Waals surface area contributed by atoms with E-state index < -0.39 is 0 Å². The quantitative estimate of drug-likeness (QED) is 0.583. The summed E-state index contributed by atoms with van der Waals surface area (Å²) >= 11 is 0. The van der Waals surface area contributed by atoms with Gasteiger partial charge in [-0.25, -0.2) is 4.68 Å². The number of piperidine rings is 1. The molecule has 2 bridgehead atoms. The normalized spacial score (nSPS) is 22.0. The number of carbonyl (C=O) groups excluding carboxylic acids is 1. The number of benzene rings is 2. The van der Waals surface area contributed by atoms with E-state index in [1.54, 1.807) is 18.1 Å². The van der Waals surface area contributed by atoms with Crippen LogP contribution in [0.5, 0.6) is 5.75 Å². The predicted molar refractivity (Wildman–Crippen MR) is 129 cm³/mol. The van der Waals surface area contributed by atoms with Gasteiger partial charge in [0.15, 0.2) is 0 Å². The highest BCUT2D eigenvalue weighted by atomic mass is 16.5. The molecule has 3 aromatic rings. The average Bonchev–Trinajstić information content (AvgIpc) is 3.43. The largest absolute Gasteiger partial charge is 0.497 e. The monoisotopic (exact) mass is 460 g/mol. The Hall–Kier alpha value is -3.26. The smallest absolute Gasteiger partial charge is 0.224 e. The van der Waals surface area contributed by atoms with Crippen LogP contribution >= 0.6 is 0 Å². The number of nitrogens with zero attached hydrogens (tertiary/aromatic N) is 5. The van der Waals surface area contributed by atoms with Gasteiger partial charge in [0, 0.05) is 24.7 Å². The summed E-state index contributed by atoms with van der Waals surface area (Å²) in [6, 6.07) is 13.4. The molecule has 2 aliphatic rings. The van der Waals surface area contributed by atoms with Crippen molar-refractivity contribution in [1.29, 1.82) is 0 Å². The highest BCUT2D eigenvalue weighted by molar-refractivity contribution is 5.79. The van der Waals surface area contributed by atoms with Gasteiger partial charge in [-0.3, -0.25) is 9.69 Å². The maximum Gasteiger partial charge on any atom is 0.224 e. The van der Waals surface area contributed by atoms with Crippen LogP contribution < -0.4 is 10.1 Å². The highest BCUT2D eigenvalue weighted by Crippen LogP contribution is 2.38. The van der Waals surface area contributed by atoms with Crippen molar-refractivity contribution in [3.63, 3.8) is 0 Å². The Morgan fingerprint density at radius 1 is 1.09 bits per heavy atom. The summed E-state index contributed by atoms with van der Waals surface area (Å²) in [5.74, 6) is 1.02. The van der Waals surface area contributed by atoms with Crippen LogP contribution in [0.15, 0.2) is 42.7 Å². The molecule has 0 spiro atoms. The van der Waals surface area contributed by atoms with Crippen LogP contribution in [0.2, 0.25) is 0 Å². The lowest BCUT2D eigenvalue weighted by Crippen LogP contribution is -2.50. The fourth-order valence-electron chi connectivity index (χ4n) is 5.66. The third-order valence-electron chi connectivity index (χ3n) is 7.41. The first kappa shape index (κ1) is 22.5. The highest BCUT2D eigenvalue weighted by Gasteiger charge is 2.41. The van der Waals surface area contributed by atoms with E-state index in [-0.39, 0.29) is 11.9 Å². The Labute approximate surface area is 200 Å². The van der Waals surface area contributed by atoms with Crippen LogP contribution in [-0.4, -0.2) is 56.2 Å². The topological polar surface area (TPSA) is 85.2 Å². The number of fused-ring (bicyclic) bond motifs is 2. The first-order valence-corrected chi connectivity index (χ1v) is 12.0. The molecule has 3 heterocycles. The molecule has 2 unspecified atom stereocenters. The molecule has 2 aliphatic heterocycles. The number of aryl methyl sites for hydroxylation is 2. The first-order valence-electron chi connectivity index (χ1n) is 12.0. The van der Waals surface area contributed by atoms with Gasteiger partial charge in [-0.05, 0) is 96.5 Å². The molecule has 8 heteroatoms. The van der Waals surface area contributed by atoms with Crippen LogP contribution in [0.25, 0.3) is 5.69 Å². The number of amides is 1. The summed E-state index contributed by atoms with van der Waals surface area (Å²) < 4.78 is 7.03. The van der Waals surface area contributed by atoms with Gasteiger partial charge in [0.05, 0.1) is 19.2 Å². The summed E-state index contributed by atoms with van der Waals surface area (Å²) in [5, 5.41) is 14.5. The zero-order chi connectivity index (χ0) is 23.7. The molecule has 178 valence electrons. The van der Waals surface area contributed by atoms with E-state index in [2.05, 4.69) is 51.7 Å². The molecule has 2 aromatic carbocycles. The predicted octanol–water partition coefficient (Wildman–Crippen LogP) is 3.14. The minimum absolute atomic E-state index is 0.0925. The molecule has 0 aliphatic carbocycles. The number of hydrogen-bond donors (Lipinski definition) is 1. The van der Waals surface area contributed by atoms with E-state index >= 15 is 0 Å². The number of tetrazole rings is 1. The summed E-state index contributed by atoms with van der Waals surface area (Å²) in [7, 11) is 1.72. The second-order valence-electron chi connectivity index (χ2n) is 9.63. The van der Waals surface area contributed by atoms with E-state index in [9.17, 15) is 4.79 Å². The van der Waals surface area contributed by atoms with E-state index in [1.165, 1.54) is 29.5 Å². The second kappa shape index (κ2) is 9.54. The Bertz CT molecular complexity index is 1110. The summed E-state index contributed by atoms with van der Waals surface area (Å²) in [5.41, 5.74) is 5.85. The Morgan fingerprint density at radius 3 is 2.35 bits per heavy atom. The van der Waals surface area contributed by atoms with Crippen molar-refractivity contribution in [2.45, 2.75) is 70.6 Å².